The highest BCUT2D eigenvalue weighted by atomic mass is 19.4. The van der Waals surface area contributed by atoms with Crippen LogP contribution >= 0.6 is 0 Å². The molecule has 1 amide bonds. The van der Waals surface area contributed by atoms with E-state index < -0.39 is 23.6 Å². The molecule has 1 fully saturated rings. The second-order valence-electron chi connectivity index (χ2n) is 7.47. The van der Waals surface area contributed by atoms with E-state index in [0.717, 1.165) is 17.3 Å². The minimum absolute atomic E-state index is 0.157. The molecule has 0 unspecified atom stereocenters. The summed E-state index contributed by atoms with van der Waals surface area (Å²) >= 11 is 0. The SMILES string of the molecule is CN(Cc1cccc(N2CCC(C(=O)O)CC2)c1)C(=O)c1ccccc1C(F)(F)F. The summed E-state index contributed by atoms with van der Waals surface area (Å²) in [5, 5.41) is 9.13. The molecule has 3 rings (SSSR count). The zero-order chi connectivity index (χ0) is 21.9. The van der Waals surface area contributed by atoms with Crippen molar-refractivity contribution in [2.45, 2.75) is 25.6 Å². The van der Waals surface area contributed by atoms with E-state index in [1.54, 1.807) is 0 Å². The summed E-state index contributed by atoms with van der Waals surface area (Å²) in [5.74, 6) is -1.81. The third-order valence-corrected chi connectivity index (χ3v) is 5.35. The average molecular weight is 420 g/mol. The Hall–Kier alpha value is -3.03. The number of carboxylic acids is 1. The van der Waals surface area contributed by atoms with Crippen LogP contribution in [0.15, 0.2) is 48.5 Å². The van der Waals surface area contributed by atoms with Crippen LogP contribution in [-0.4, -0.2) is 42.0 Å². The highest BCUT2D eigenvalue weighted by molar-refractivity contribution is 5.95. The van der Waals surface area contributed by atoms with Crippen LogP contribution in [0.5, 0.6) is 0 Å². The molecule has 5 nitrogen and oxygen atoms in total. The van der Waals surface area contributed by atoms with E-state index in [4.69, 9.17) is 5.11 Å². The number of carbonyl (C=O) groups excluding carboxylic acids is 1. The fourth-order valence-electron chi connectivity index (χ4n) is 3.70. The van der Waals surface area contributed by atoms with Gasteiger partial charge in [-0.15, -0.1) is 0 Å². The van der Waals surface area contributed by atoms with E-state index in [2.05, 4.69) is 4.90 Å². The molecule has 0 atom stereocenters. The lowest BCUT2D eigenvalue weighted by atomic mass is 9.96. The molecule has 1 N–H and O–H groups in total. The fourth-order valence-corrected chi connectivity index (χ4v) is 3.70. The fraction of sp³-hybridized carbons (Fsp3) is 0.364. The van der Waals surface area contributed by atoms with Gasteiger partial charge in [0, 0.05) is 32.4 Å². The standard InChI is InChI=1S/C22H23F3N2O3/c1-26(20(28)18-7-2-3-8-19(18)22(23,24)25)14-15-5-4-6-17(13-15)27-11-9-16(10-12-27)21(29)30/h2-8,13,16H,9-12,14H2,1H3,(H,29,30). The third kappa shape index (κ3) is 4.93. The molecule has 0 bridgehead atoms. The number of amides is 1. The van der Waals surface area contributed by atoms with Gasteiger partial charge in [-0.2, -0.15) is 13.2 Å². The van der Waals surface area contributed by atoms with E-state index in [9.17, 15) is 22.8 Å². The minimum atomic E-state index is -4.60. The van der Waals surface area contributed by atoms with E-state index in [1.807, 2.05) is 24.3 Å². The first-order chi connectivity index (χ1) is 14.2. The van der Waals surface area contributed by atoms with E-state index in [0.29, 0.717) is 25.9 Å². The Morgan fingerprint density at radius 3 is 2.40 bits per heavy atom. The van der Waals surface area contributed by atoms with Gasteiger partial charge in [-0.05, 0) is 42.7 Å². The molecule has 0 aliphatic carbocycles. The van der Waals surface area contributed by atoms with Crippen LogP contribution in [0, 0.1) is 5.92 Å². The first kappa shape index (κ1) is 21.7. The molecule has 2 aromatic carbocycles. The molecule has 0 aromatic heterocycles. The molecule has 1 aliphatic heterocycles. The van der Waals surface area contributed by atoms with Gasteiger partial charge < -0.3 is 14.9 Å². The van der Waals surface area contributed by atoms with Crippen LogP contribution in [-0.2, 0) is 17.5 Å². The van der Waals surface area contributed by atoms with E-state index in [1.165, 1.54) is 30.1 Å². The number of anilines is 1. The molecule has 0 spiro atoms. The summed E-state index contributed by atoms with van der Waals surface area (Å²) in [5.41, 5.74) is 0.373. The van der Waals surface area contributed by atoms with Gasteiger partial charge in [-0.1, -0.05) is 24.3 Å². The maximum Gasteiger partial charge on any atom is 0.417 e. The lowest BCUT2D eigenvalue weighted by Gasteiger charge is -2.32. The van der Waals surface area contributed by atoms with Crippen molar-refractivity contribution in [1.29, 1.82) is 0 Å². The zero-order valence-electron chi connectivity index (χ0n) is 16.5. The van der Waals surface area contributed by atoms with E-state index in [-0.39, 0.29) is 18.0 Å². The van der Waals surface area contributed by atoms with Gasteiger partial charge in [-0.3, -0.25) is 9.59 Å². The number of nitrogens with zero attached hydrogens (tertiary/aromatic N) is 2. The Bertz CT molecular complexity index is 922. The first-order valence-electron chi connectivity index (χ1n) is 9.65. The quantitative estimate of drug-likeness (QED) is 0.785. The van der Waals surface area contributed by atoms with Crippen LogP contribution in [0.2, 0.25) is 0 Å². The lowest BCUT2D eigenvalue weighted by molar-refractivity contribution is -0.142. The predicted octanol–water partition coefficient (Wildman–Crippen LogP) is 4.28. The number of piperidine rings is 1. The third-order valence-electron chi connectivity index (χ3n) is 5.35. The van der Waals surface area contributed by atoms with Gasteiger partial charge in [0.25, 0.3) is 5.91 Å². The highest BCUT2D eigenvalue weighted by Gasteiger charge is 2.35. The van der Waals surface area contributed by atoms with Crippen LogP contribution < -0.4 is 4.90 Å². The average Bonchev–Trinajstić information content (AvgIpc) is 2.73. The maximum atomic E-state index is 13.2. The van der Waals surface area contributed by atoms with Gasteiger partial charge in [0.05, 0.1) is 17.0 Å². The van der Waals surface area contributed by atoms with Gasteiger partial charge >= 0.3 is 12.1 Å². The zero-order valence-corrected chi connectivity index (χ0v) is 16.5. The Kier molecular flexibility index (Phi) is 6.34. The summed E-state index contributed by atoms with van der Waals surface area (Å²) in [6, 6.07) is 12.2. The second-order valence-corrected chi connectivity index (χ2v) is 7.47. The van der Waals surface area contributed by atoms with E-state index >= 15 is 0 Å². The molecule has 1 aliphatic rings. The lowest BCUT2D eigenvalue weighted by Crippen LogP contribution is -2.36. The van der Waals surface area contributed by atoms with Crippen molar-refractivity contribution in [1.82, 2.24) is 4.90 Å². The summed E-state index contributed by atoms with van der Waals surface area (Å²) < 4.78 is 39.7. The van der Waals surface area contributed by atoms with Gasteiger partial charge in [0.1, 0.15) is 0 Å². The van der Waals surface area contributed by atoms with Crippen molar-refractivity contribution < 1.29 is 27.9 Å². The van der Waals surface area contributed by atoms with Gasteiger partial charge in [0.15, 0.2) is 0 Å². The number of rotatable bonds is 5. The van der Waals surface area contributed by atoms with Crippen molar-refractivity contribution in [2.75, 3.05) is 25.0 Å². The molecule has 0 saturated carbocycles. The molecular formula is C22H23F3N2O3. The number of aliphatic carboxylic acids is 1. The molecule has 0 radical (unpaired) electrons. The van der Waals surface area contributed by atoms with Crippen molar-refractivity contribution in [3.05, 3.63) is 65.2 Å². The van der Waals surface area contributed by atoms with Crippen molar-refractivity contribution in [3.8, 4) is 0 Å². The molecule has 2 aromatic rings. The normalized spacial score (nSPS) is 15.1. The van der Waals surface area contributed by atoms with Crippen LogP contribution in [0.25, 0.3) is 0 Å². The Morgan fingerprint density at radius 2 is 1.77 bits per heavy atom. The molecule has 30 heavy (non-hydrogen) atoms. The highest BCUT2D eigenvalue weighted by Crippen LogP contribution is 2.32. The predicted molar refractivity (Wildman–Crippen MR) is 106 cm³/mol. The van der Waals surface area contributed by atoms with Crippen LogP contribution in [0.3, 0.4) is 0 Å². The summed E-state index contributed by atoms with van der Waals surface area (Å²) in [6.07, 6.45) is -3.48. The summed E-state index contributed by atoms with van der Waals surface area (Å²) in [4.78, 5) is 27.1. The number of hydrogen-bond acceptors (Lipinski definition) is 3. The number of benzene rings is 2. The smallest absolute Gasteiger partial charge is 0.417 e. The largest absolute Gasteiger partial charge is 0.481 e. The second kappa shape index (κ2) is 8.77. The number of carboxylic acid groups (broad SMARTS) is 1. The Balaban J connectivity index is 1.71. The number of carbonyl (C=O) groups is 2. The Morgan fingerprint density at radius 1 is 1.10 bits per heavy atom. The summed E-state index contributed by atoms with van der Waals surface area (Å²) in [7, 11) is 1.47. The number of hydrogen-bond donors (Lipinski definition) is 1. The van der Waals surface area contributed by atoms with Crippen LogP contribution in [0.4, 0.5) is 18.9 Å². The van der Waals surface area contributed by atoms with Gasteiger partial charge in [-0.25, -0.2) is 0 Å². The van der Waals surface area contributed by atoms with Crippen molar-refractivity contribution >= 4 is 17.6 Å². The minimum Gasteiger partial charge on any atom is -0.481 e. The topological polar surface area (TPSA) is 60.9 Å². The monoisotopic (exact) mass is 420 g/mol. The summed E-state index contributed by atoms with van der Waals surface area (Å²) in [6.45, 7) is 1.40. The molecule has 1 saturated heterocycles. The Labute approximate surface area is 172 Å². The maximum absolute atomic E-state index is 13.2. The van der Waals surface area contributed by atoms with Crippen LogP contribution in [0.1, 0.15) is 34.3 Å². The van der Waals surface area contributed by atoms with Crippen molar-refractivity contribution in [2.24, 2.45) is 5.92 Å². The molecule has 1 heterocycles. The van der Waals surface area contributed by atoms with Crippen molar-refractivity contribution in [3.63, 3.8) is 0 Å². The molecular weight excluding hydrogens is 397 g/mol. The molecule has 160 valence electrons. The number of halogens is 3. The van der Waals surface area contributed by atoms with Gasteiger partial charge in [0.2, 0.25) is 0 Å². The first-order valence-corrected chi connectivity index (χ1v) is 9.65. The molecule has 8 heteroatoms. The number of alkyl halides is 3.